The highest BCUT2D eigenvalue weighted by Crippen LogP contribution is 2.22. The maximum atomic E-state index is 4.20. The van der Waals surface area contributed by atoms with Gasteiger partial charge in [-0.25, -0.2) is 0 Å². The molecule has 1 heterocycles. The minimum absolute atomic E-state index is 0.755. The molecule has 1 aromatic heterocycles. The molecule has 3 rings (SSSR count). The number of benzene rings is 2. The van der Waals surface area contributed by atoms with Crippen LogP contribution in [0.3, 0.4) is 0 Å². The number of aryl methyl sites for hydroxylation is 2. The van der Waals surface area contributed by atoms with Crippen molar-refractivity contribution in [3.05, 3.63) is 71.4 Å². The predicted octanol–water partition coefficient (Wildman–Crippen LogP) is 4.56. The maximum Gasteiger partial charge on any atom is 0.0700 e. The SMILES string of the molecule is CCc1ccc(NCc2cn[nH]c2-c2ccc(C)cc2)cc1. The molecule has 0 saturated carbocycles. The number of H-pyrrole nitrogens is 1. The van der Waals surface area contributed by atoms with E-state index in [4.69, 9.17) is 0 Å². The summed E-state index contributed by atoms with van der Waals surface area (Å²) in [5, 5.41) is 10.8. The Hall–Kier alpha value is -2.55. The zero-order chi connectivity index (χ0) is 15.4. The molecule has 2 aromatic carbocycles. The number of aromatic amines is 1. The van der Waals surface area contributed by atoms with Crippen molar-refractivity contribution in [3.8, 4) is 11.3 Å². The summed E-state index contributed by atoms with van der Waals surface area (Å²) in [6.45, 7) is 5.02. The van der Waals surface area contributed by atoms with E-state index in [0.717, 1.165) is 24.3 Å². The number of aromatic nitrogens is 2. The smallest absolute Gasteiger partial charge is 0.0700 e. The van der Waals surface area contributed by atoms with E-state index in [1.165, 1.54) is 22.3 Å². The van der Waals surface area contributed by atoms with Gasteiger partial charge in [0, 0.05) is 17.8 Å². The van der Waals surface area contributed by atoms with Gasteiger partial charge in [-0.2, -0.15) is 5.10 Å². The summed E-state index contributed by atoms with van der Waals surface area (Å²) in [5.41, 5.74) is 7.17. The second-order valence-electron chi connectivity index (χ2n) is 5.54. The van der Waals surface area contributed by atoms with E-state index in [-0.39, 0.29) is 0 Å². The van der Waals surface area contributed by atoms with Gasteiger partial charge >= 0.3 is 0 Å². The second kappa shape index (κ2) is 6.48. The predicted molar refractivity (Wildman–Crippen MR) is 91.9 cm³/mol. The first-order valence-electron chi connectivity index (χ1n) is 7.68. The van der Waals surface area contributed by atoms with E-state index in [2.05, 4.69) is 77.9 Å². The van der Waals surface area contributed by atoms with Crippen molar-refractivity contribution in [2.75, 3.05) is 5.32 Å². The summed E-state index contributed by atoms with van der Waals surface area (Å²) in [7, 11) is 0. The number of hydrogen-bond donors (Lipinski definition) is 2. The van der Waals surface area contributed by atoms with Crippen molar-refractivity contribution in [2.45, 2.75) is 26.8 Å². The highest BCUT2D eigenvalue weighted by Gasteiger charge is 2.07. The fraction of sp³-hybridized carbons (Fsp3) is 0.211. The maximum absolute atomic E-state index is 4.20. The molecule has 0 amide bonds. The largest absolute Gasteiger partial charge is 0.381 e. The third kappa shape index (κ3) is 3.19. The van der Waals surface area contributed by atoms with Gasteiger partial charge in [0.05, 0.1) is 11.9 Å². The van der Waals surface area contributed by atoms with Crippen molar-refractivity contribution >= 4 is 5.69 Å². The molecule has 0 saturated heterocycles. The van der Waals surface area contributed by atoms with E-state index in [1.807, 2.05) is 6.20 Å². The molecule has 0 bridgehead atoms. The van der Waals surface area contributed by atoms with E-state index in [9.17, 15) is 0 Å². The molecule has 22 heavy (non-hydrogen) atoms. The third-order valence-electron chi connectivity index (χ3n) is 3.90. The molecule has 0 unspecified atom stereocenters. The van der Waals surface area contributed by atoms with Gasteiger partial charge in [-0.1, -0.05) is 48.9 Å². The Morgan fingerprint density at radius 2 is 1.73 bits per heavy atom. The lowest BCUT2D eigenvalue weighted by atomic mass is 10.1. The highest BCUT2D eigenvalue weighted by atomic mass is 15.1. The molecule has 3 heteroatoms. The summed E-state index contributed by atoms with van der Waals surface area (Å²) in [6.07, 6.45) is 2.96. The number of rotatable bonds is 5. The van der Waals surface area contributed by atoms with Crippen LogP contribution in [-0.2, 0) is 13.0 Å². The Balaban J connectivity index is 1.73. The molecule has 0 atom stereocenters. The summed E-state index contributed by atoms with van der Waals surface area (Å²) in [4.78, 5) is 0. The fourth-order valence-electron chi connectivity index (χ4n) is 2.47. The molecule has 3 aromatic rings. The van der Waals surface area contributed by atoms with E-state index in [1.54, 1.807) is 0 Å². The summed E-state index contributed by atoms with van der Waals surface area (Å²) < 4.78 is 0. The molecule has 0 aliphatic rings. The lowest BCUT2D eigenvalue weighted by molar-refractivity contribution is 1.09. The van der Waals surface area contributed by atoms with Crippen LogP contribution in [0.1, 0.15) is 23.6 Å². The van der Waals surface area contributed by atoms with Crippen LogP contribution in [-0.4, -0.2) is 10.2 Å². The molecule has 0 aliphatic carbocycles. The Kier molecular flexibility index (Phi) is 4.24. The van der Waals surface area contributed by atoms with E-state index >= 15 is 0 Å². The van der Waals surface area contributed by atoms with Gasteiger partial charge in [0.25, 0.3) is 0 Å². The quantitative estimate of drug-likeness (QED) is 0.723. The van der Waals surface area contributed by atoms with Gasteiger partial charge in [0.15, 0.2) is 0 Å². The van der Waals surface area contributed by atoms with Crippen LogP contribution >= 0.6 is 0 Å². The summed E-state index contributed by atoms with van der Waals surface area (Å²) in [6, 6.07) is 17.1. The zero-order valence-corrected chi connectivity index (χ0v) is 13.1. The number of hydrogen-bond acceptors (Lipinski definition) is 2. The summed E-state index contributed by atoms with van der Waals surface area (Å²) >= 11 is 0. The van der Waals surface area contributed by atoms with Crippen LogP contribution in [0.4, 0.5) is 5.69 Å². The van der Waals surface area contributed by atoms with Crippen LogP contribution in [0.5, 0.6) is 0 Å². The zero-order valence-electron chi connectivity index (χ0n) is 13.1. The van der Waals surface area contributed by atoms with Crippen LogP contribution < -0.4 is 5.32 Å². The Morgan fingerprint density at radius 3 is 2.41 bits per heavy atom. The fourth-order valence-corrected chi connectivity index (χ4v) is 2.47. The minimum atomic E-state index is 0.755. The van der Waals surface area contributed by atoms with Crippen molar-refractivity contribution in [1.29, 1.82) is 0 Å². The monoisotopic (exact) mass is 291 g/mol. The van der Waals surface area contributed by atoms with Gasteiger partial charge in [0.2, 0.25) is 0 Å². The minimum Gasteiger partial charge on any atom is -0.381 e. The van der Waals surface area contributed by atoms with Crippen molar-refractivity contribution in [3.63, 3.8) is 0 Å². The van der Waals surface area contributed by atoms with Crippen molar-refractivity contribution in [1.82, 2.24) is 10.2 Å². The van der Waals surface area contributed by atoms with Crippen LogP contribution in [0.15, 0.2) is 54.7 Å². The average Bonchev–Trinajstić information content (AvgIpc) is 3.02. The standard InChI is InChI=1S/C19H21N3/c1-3-15-6-10-18(11-7-15)20-12-17-13-21-22-19(17)16-8-4-14(2)5-9-16/h4-11,13,20H,3,12H2,1-2H3,(H,21,22). The Bertz CT molecular complexity index is 724. The van der Waals surface area contributed by atoms with Gasteiger partial charge in [-0.3, -0.25) is 5.10 Å². The number of nitrogens with one attached hydrogen (secondary N) is 2. The molecular weight excluding hydrogens is 270 g/mol. The first kappa shape index (κ1) is 14.4. The number of nitrogens with zero attached hydrogens (tertiary/aromatic N) is 1. The Labute approximate surface area is 131 Å². The van der Waals surface area contributed by atoms with Crippen molar-refractivity contribution in [2.24, 2.45) is 0 Å². The molecule has 0 spiro atoms. The normalized spacial score (nSPS) is 10.6. The van der Waals surface area contributed by atoms with Crippen LogP contribution in [0.2, 0.25) is 0 Å². The van der Waals surface area contributed by atoms with Crippen molar-refractivity contribution < 1.29 is 0 Å². The lowest BCUT2D eigenvalue weighted by Gasteiger charge is -2.08. The summed E-state index contributed by atoms with van der Waals surface area (Å²) in [5.74, 6) is 0. The lowest BCUT2D eigenvalue weighted by Crippen LogP contribution is -2.00. The van der Waals surface area contributed by atoms with Crippen LogP contribution in [0.25, 0.3) is 11.3 Å². The first-order valence-corrected chi connectivity index (χ1v) is 7.68. The topological polar surface area (TPSA) is 40.7 Å². The molecule has 112 valence electrons. The Morgan fingerprint density at radius 1 is 1.00 bits per heavy atom. The average molecular weight is 291 g/mol. The molecule has 0 aliphatic heterocycles. The molecule has 0 fully saturated rings. The molecule has 0 radical (unpaired) electrons. The van der Waals surface area contributed by atoms with Gasteiger partial charge < -0.3 is 5.32 Å². The molecule has 3 nitrogen and oxygen atoms in total. The van der Waals surface area contributed by atoms with E-state index < -0.39 is 0 Å². The van der Waals surface area contributed by atoms with E-state index in [0.29, 0.717) is 0 Å². The van der Waals surface area contributed by atoms with Crippen LogP contribution in [0, 0.1) is 6.92 Å². The second-order valence-corrected chi connectivity index (χ2v) is 5.54. The van der Waals surface area contributed by atoms with Gasteiger partial charge in [-0.15, -0.1) is 0 Å². The highest BCUT2D eigenvalue weighted by molar-refractivity contribution is 5.63. The van der Waals surface area contributed by atoms with Gasteiger partial charge in [0.1, 0.15) is 0 Å². The van der Waals surface area contributed by atoms with Gasteiger partial charge in [-0.05, 0) is 36.6 Å². The number of anilines is 1. The molecule has 2 N–H and O–H groups in total. The molecular formula is C19H21N3. The first-order chi connectivity index (χ1) is 10.8. The third-order valence-corrected chi connectivity index (χ3v) is 3.90.